The van der Waals surface area contributed by atoms with Gasteiger partial charge in [-0.3, -0.25) is 10.1 Å². The number of urea groups is 1. The van der Waals surface area contributed by atoms with E-state index in [1.165, 1.54) is 4.68 Å². The topological polar surface area (TPSA) is 128 Å². The lowest BCUT2D eigenvalue weighted by Gasteiger charge is -2.29. The molecule has 10 heteroatoms. The molecule has 1 aliphatic carbocycles. The number of tetrazole rings is 1. The normalized spacial score (nSPS) is 18.8. The number of carbonyl (C=O) groups excluding carboxylic acids is 3. The van der Waals surface area contributed by atoms with Gasteiger partial charge in [0.2, 0.25) is 0 Å². The van der Waals surface area contributed by atoms with E-state index in [2.05, 4.69) is 33.1 Å². The molecule has 1 aromatic heterocycles. The summed E-state index contributed by atoms with van der Waals surface area (Å²) in [6.07, 6.45) is 5.68. The number of nitrogens with one attached hydrogen (secondary N) is 2. The smallest absolute Gasteiger partial charge is 0.357 e. The molecule has 2 N–H and O–H groups in total. The summed E-state index contributed by atoms with van der Waals surface area (Å²) in [4.78, 5) is 36.9. The van der Waals surface area contributed by atoms with E-state index >= 15 is 0 Å². The van der Waals surface area contributed by atoms with Crippen LogP contribution in [0.25, 0.3) is 11.8 Å². The Bertz CT molecular complexity index is 956. The summed E-state index contributed by atoms with van der Waals surface area (Å²) in [7, 11) is 0. The van der Waals surface area contributed by atoms with Crippen LogP contribution in [0.15, 0.2) is 30.3 Å². The number of ether oxygens (including phenoxy) is 1. The van der Waals surface area contributed by atoms with Crippen LogP contribution in [0.2, 0.25) is 0 Å². The molecule has 31 heavy (non-hydrogen) atoms. The van der Waals surface area contributed by atoms with Gasteiger partial charge in [0.05, 0.1) is 0 Å². The molecule has 1 aliphatic rings. The largest absolute Gasteiger partial charge is 0.451 e. The number of hydrogen-bond donors (Lipinski definition) is 2. The van der Waals surface area contributed by atoms with Crippen molar-refractivity contribution in [2.24, 2.45) is 5.92 Å². The summed E-state index contributed by atoms with van der Waals surface area (Å²) in [5.41, 5.74) is 0.775. The van der Waals surface area contributed by atoms with Gasteiger partial charge in [0.1, 0.15) is 0 Å². The molecule has 2 atom stereocenters. The van der Waals surface area contributed by atoms with Gasteiger partial charge in [-0.1, -0.05) is 50.1 Å². The molecule has 0 bridgehead atoms. The van der Waals surface area contributed by atoms with Crippen LogP contribution in [0.3, 0.4) is 0 Å². The van der Waals surface area contributed by atoms with E-state index < -0.39 is 24.5 Å². The van der Waals surface area contributed by atoms with Gasteiger partial charge in [0.15, 0.2) is 18.1 Å². The Morgan fingerprint density at radius 3 is 2.61 bits per heavy atom. The van der Waals surface area contributed by atoms with Gasteiger partial charge >= 0.3 is 12.0 Å². The van der Waals surface area contributed by atoms with E-state index in [0.717, 1.165) is 31.2 Å². The van der Waals surface area contributed by atoms with Crippen LogP contribution in [-0.2, 0) is 14.3 Å². The average Bonchev–Trinajstić information content (AvgIpc) is 3.18. The van der Waals surface area contributed by atoms with Gasteiger partial charge in [0.25, 0.3) is 5.91 Å². The number of rotatable bonds is 6. The molecule has 164 valence electrons. The van der Waals surface area contributed by atoms with Gasteiger partial charge < -0.3 is 10.1 Å². The van der Waals surface area contributed by atoms with E-state index in [-0.39, 0.29) is 11.7 Å². The lowest BCUT2D eigenvalue weighted by atomic mass is 9.86. The van der Waals surface area contributed by atoms with Crippen molar-refractivity contribution in [3.8, 4) is 0 Å². The Balaban J connectivity index is 1.59. The first-order chi connectivity index (χ1) is 14.9. The van der Waals surface area contributed by atoms with Crippen molar-refractivity contribution in [3.63, 3.8) is 0 Å². The Morgan fingerprint density at radius 1 is 1.19 bits per heavy atom. The summed E-state index contributed by atoms with van der Waals surface area (Å²) < 4.78 is 6.34. The van der Waals surface area contributed by atoms with Crippen molar-refractivity contribution >= 4 is 29.7 Å². The van der Waals surface area contributed by atoms with Gasteiger partial charge in [-0.2, -0.15) is 4.68 Å². The third-order valence-corrected chi connectivity index (χ3v) is 5.18. The van der Waals surface area contributed by atoms with Crippen LogP contribution < -0.4 is 10.6 Å². The van der Waals surface area contributed by atoms with Crippen LogP contribution >= 0.6 is 0 Å². The molecule has 3 rings (SSSR count). The van der Waals surface area contributed by atoms with Crippen LogP contribution in [0, 0.1) is 12.8 Å². The molecule has 2 aromatic rings. The number of esters is 1. The van der Waals surface area contributed by atoms with E-state index in [4.69, 9.17) is 4.74 Å². The van der Waals surface area contributed by atoms with Gasteiger partial charge in [-0.15, -0.1) is 5.10 Å². The summed E-state index contributed by atoms with van der Waals surface area (Å²) in [5.74, 6) is -0.778. The zero-order chi connectivity index (χ0) is 22.2. The molecule has 0 spiro atoms. The maximum absolute atomic E-state index is 12.7. The molecular formula is C21H26N6O4. The monoisotopic (exact) mass is 426 g/mol. The molecule has 2 unspecified atom stereocenters. The highest BCUT2D eigenvalue weighted by molar-refractivity contribution is 6.15. The Morgan fingerprint density at radius 2 is 1.94 bits per heavy atom. The zero-order valence-corrected chi connectivity index (χ0v) is 17.6. The molecule has 1 fully saturated rings. The summed E-state index contributed by atoms with van der Waals surface area (Å²) in [6, 6.07) is 8.54. The second kappa shape index (κ2) is 10.5. The molecule has 10 nitrogen and oxygen atoms in total. The van der Waals surface area contributed by atoms with Crippen molar-refractivity contribution in [2.75, 3.05) is 6.61 Å². The third kappa shape index (κ3) is 6.21. The predicted octanol–water partition coefficient (Wildman–Crippen LogP) is 1.93. The predicted molar refractivity (Wildman–Crippen MR) is 112 cm³/mol. The fraction of sp³-hybridized carbons (Fsp3) is 0.429. The zero-order valence-electron chi connectivity index (χ0n) is 17.6. The molecular weight excluding hydrogens is 400 g/mol. The second-order valence-corrected chi connectivity index (χ2v) is 7.54. The second-order valence-electron chi connectivity index (χ2n) is 7.54. The van der Waals surface area contributed by atoms with Crippen LogP contribution in [0.1, 0.15) is 44.0 Å². The minimum absolute atomic E-state index is 0.0345. The molecule has 1 aromatic carbocycles. The minimum atomic E-state index is -0.796. The molecule has 0 aliphatic heterocycles. The maximum Gasteiger partial charge on any atom is 0.357 e. The first kappa shape index (κ1) is 22.1. The highest BCUT2D eigenvalue weighted by Crippen LogP contribution is 2.23. The first-order valence-electron chi connectivity index (χ1n) is 10.2. The van der Waals surface area contributed by atoms with Crippen molar-refractivity contribution in [1.29, 1.82) is 0 Å². The highest BCUT2D eigenvalue weighted by Gasteiger charge is 2.24. The fourth-order valence-electron chi connectivity index (χ4n) is 3.47. The Hall–Kier alpha value is -3.56. The first-order valence-corrected chi connectivity index (χ1v) is 10.2. The van der Waals surface area contributed by atoms with Crippen molar-refractivity contribution in [2.45, 2.75) is 45.6 Å². The maximum atomic E-state index is 12.7. The number of imide groups is 1. The van der Waals surface area contributed by atoms with Crippen LogP contribution in [0.4, 0.5) is 4.79 Å². The Labute approximate surface area is 180 Å². The average molecular weight is 426 g/mol. The van der Waals surface area contributed by atoms with Crippen molar-refractivity contribution < 1.29 is 19.1 Å². The molecule has 0 saturated heterocycles. The van der Waals surface area contributed by atoms with Crippen molar-refractivity contribution in [3.05, 3.63) is 41.7 Å². The van der Waals surface area contributed by atoms with Crippen LogP contribution in [0.5, 0.6) is 0 Å². The van der Waals surface area contributed by atoms with E-state index in [0.29, 0.717) is 11.7 Å². The Kier molecular flexibility index (Phi) is 7.47. The van der Waals surface area contributed by atoms with Gasteiger partial charge in [0, 0.05) is 6.04 Å². The third-order valence-electron chi connectivity index (χ3n) is 5.18. The lowest BCUT2D eigenvalue weighted by Crippen LogP contribution is -2.48. The number of aromatic nitrogens is 4. The number of hydrogen-bond acceptors (Lipinski definition) is 7. The summed E-state index contributed by atoms with van der Waals surface area (Å²) in [6.45, 7) is 3.10. The highest BCUT2D eigenvalue weighted by atomic mass is 16.5. The molecule has 1 heterocycles. The van der Waals surface area contributed by atoms with Gasteiger partial charge in [-0.05, 0) is 47.7 Å². The lowest BCUT2D eigenvalue weighted by molar-refractivity contribution is -0.142. The van der Waals surface area contributed by atoms with E-state index in [1.54, 1.807) is 25.1 Å². The fourth-order valence-corrected chi connectivity index (χ4v) is 3.47. The van der Waals surface area contributed by atoms with Crippen LogP contribution in [-0.4, -0.2) is 50.8 Å². The molecule has 3 amide bonds. The van der Waals surface area contributed by atoms with Crippen molar-refractivity contribution in [1.82, 2.24) is 30.8 Å². The number of nitrogens with zero attached hydrogens (tertiary/aromatic N) is 4. The quantitative estimate of drug-likeness (QED) is 0.533. The van der Waals surface area contributed by atoms with E-state index in [1.807, 2.05) is 18.2 Å². The standard InChI is InChI=1S/C21H26N6O4/c1-14-8-6-7-11-17(14)22-21(30)23-19(28)13-31-20(29)18(27-15(2)24-25-26-27)12-16-9-4-3-5-10-16/h3-5,9-10,12,14,17H,6-8,11,13H2,1-2H3,(H2,22,23,28,30)/b18-12-. The number of benzene rings is 1. The summed E-state index contributed by atoms with van der Waals surface area (Å²) in [5, 5.41) is 16.2. The number of aryl methyl sites for hydroxylation is 1. The molecule has 0 radical (unpaired) electrons. The molecule has 1 saturated carbocycles. The summed E-state index contributed by atoms with van der Waals surface area (Å²) >= 11 is 0. The SMILES string of the molecule is Cc1nnnn1/C(=C\c1ccccc1)C(=O)OCC(=O)NC(=O)NC1CCCCC1C. The number of carbonyl (C=O) groups is 3. The number of amides is 3. The van der Waals surface area contributed by atoms with Gasteiger partial charge in [-0.25, -0.2) is 9.59 Å². The van der Waals surface area contributed by atoms with E-state index in [9.17, 15) is 14.4 Å². The minimum Gasteiger partial charge on any atom is -0.451 e.